The molecule has 1 N–H and O–H groups in total. The van der Waals surface area contributed by atoms with Crippen LogP contribution in [0, 0.1) is 0 Å². The Morgan fingerprint density at radius 3 is 2.25 bits per heavy atom. The molecular weight excluding hydrogens is 447 g/mol. The van der Waals surface area contributed by atoms with Gasteiger partial charge in [-0.3, -0.25) is 4.79 Å². The summed E-state index contributed by atoms with van der Waals surface area (Å²) < 4.78 is 5.33. The predicted octanol–water partition coefficient (Wildman–Crippen LogP) is 6.13. The zero-order valence-corrected chi connectivity index (χ0v) is 18.1. The van der Waals surface area contributed by atoms with Crippen molar-refractivity contribution in [1.29, 1.82) is 0 Å². The van der Waals surface area contributed by atoms with E-state index in [0.717, 1.165) is 16.3 Å². The summed E-state index contributed by atoms with van der Waals surface area (Å²) in [6.45, 7) is 0. The number of nitrogens with one attached hydrogen (secondary N) is 1. The highest BCUT2D eigenvalue weighted by atomic mass is 35.5. The molecule has 0 aliphatic carbocycles. The Kier molecular flexibility index (Phi) is 6.50. The minimum absolute atomic E-state index is 0.276. The number of hydrazone groups is 1. The summed E-state index contributed by atoms with van der Waals surface area (Å²) in [5, 5.41) is 6.68. The van der Waals surface area contributed by atoms with Crippen LogP contribution in [0.2, 0.25) is 10.0 Å². The summed E-state index contributed by atoms with van der Waals surface area (Å²) in [6.07, 6.45) is 1.50. The molecule has 0 radical (unpaired) electrons. The third kappa shape index (κ3) is 5.14. The highest BCUT2D eigenvalue weighted by molar-refractivity contribution is 6.42. The highest BCUT2D eigenvalue weighted by Gasteiger charge is 2.11. The van der Waals surface area contributed by atoms with Gasteiger partial charge in [-0.1, -0.05) is 53.5 Å². The Balaban J connectivity index is 1.35. The van der Waals surface area contributed by atoms with Gasteiger partial charge >= 0.3 is 5.97 Å². The number of carbonyl (C=O) groups excluding carboxylic acids is 2. The molecule has 158 valence electrons. The molecule has 1 amide bonds. The van der Waals surface area contributed by atoms with Crippen molar-refractivity contribution in [2.24, 2.45) is 5.10 Å². The van der Waals surface area contributed by atoms with Gasteiger partial charge in [0.25, 0.3) is 5.91 Å². The number of carbonyl (C=O) groups is 2. The quantitative estimate of drug-likeness (QED) is 0.168. The lowest BCUT2D eigenvalue weighted by Gasteiger charge is -2.05. The van der Waals surface area contributed by atoms with Crippen molar-refractivity contribution in [3.63, 3.8) is 0 Å². The van der Waals surface area contributed by atoms with Crippen LogP contribution in [-0.2, 0) is 0 Å². The average Bonchev–Trinajstić information content (AvgIpc) is 2.81. The second kappa shape index (κ2) is 9.64. The maximum absolute atomic E-state index is 12.3. The number of fused-ring (bicyclic) bond motifs is 1. The Hall–Kier alpha value is -3.67. The van der Waals surface area contributed by atoms with Crippen molar-refractivity contribution in [2.75, 3.05) is 0 Å². The van der Waals surface area contributed by atoms with E-state index in [2.05, 4.69) is 10.5 Å². The largest absolute Gasteiger partial charge is 0.423 e. The van der Waals surface area contributed by atoms with Crippen LogP contribution in [0.15, 0.2) is 90.0 Å². The molecular formula is C25H16Cl2N2O3. The van der Waals surface area contributed by atoms with Crippen molar-refractivity contribution in [3.8, 4) is 5.75 Å². The fourth-order valence-electron chi connectivity index (χ4n) is 2.97. The smallest absolute Gasteiger partial charge is 0.343 e. The van der Waals surface area contributed by atoms with E-state index in [-0.39, 0.29) is 10.9 Å². The van der Waals surface area contributed by atoms with Crippen LogP contribution < -0.4 is 10.2 Å². The zero-order chi connectivity index (χ0) is 22.5. The molecule has 5 nitrogen and oxygen atoms in total. The third-order valence-electron chi connectivity index (χ3n) is 4.64. The second-order valence-electron chi connectivity index (χ2n) is 6.85. The molecule has 0 unspecified atom stereocenters. The van der Waals surface area contributed by atoms with Gasteiger partial charge in [-0.05, 0) is 70.9 Å². The van der Waals surface area contributed by atoms with Crippen LogP contribution in [0.4, 0.5) is 0 Å². The normalized spacial score (nSPS) is 10.9. The maximum Gasteiger partial charge on any atom is 0.343 e. The molecule has 0 aromatic heterocycles. The van der Waals surface area contributed by atoms with Crippen LogP contribution >= 0.6 is 23.2 Å². The first-order valence-electron chi connectivity index (χ1n) is 9.59. The lowest BCUT2D eigenvalue weighted by Crippen LogP contribution is -2.17. The molecule has 0 bridgehead atoms. The Morgan fingerprint density at radius 1 is 0.781 bits per heavy atom. The molecule has 4 aromatic carbocycles. The molecule has 7 heteroatoms. The molecule has 0 atom stereocenters. The van der Waals surface area contributed by atoms with Gasteiger partial charge in [0.15, 0.2) is 0 Å². The number of amides is 1. The minimum atomic E-state index is -0.548. The van der Waals surface area contributed by atoms with E-state index >= 15 is 0 Å². The van der Waals surface area contributed by atoms with Gasteiger partial charge in [0.1, 0.15) is 5.75 Å². The number of nitrogens with zero attached hydrogens (tertiary/aromatic N) is 1. The molecule has 4 aromatic rings. The number of hydrogen-bond donors (Lipinski definition) is 1. The van der Waals surface area contributed by atoms with Crippen LogP contribution in [0.5, 0.6) is 5.75 Å². The fourth-order valence-corrected chi connectivity index (χ4v) is 3.27. The minimum Gasteiger partial charge on any atom is -0.423 e. The first-order valence-corrected chi connectivity index (χ1v) is 10.3. The number of hydrogen-bond acceptors (Lipinski definition) is 4. The zero-order valence-electron chi connectivity index (χ0n) is 16.6. The molecule has 0 fully saturated rings. The molecule has 0 aliphatic heterocycles. The van der Waals surface area contributed by atoms with Crippen LogP contribution in [-0.4, -0.2) is 18.1 Å². The van der Waals surface area contributed by atoms with Gasteiger partial charge in [-0.15, -0.1) is 0 Å². The first kappa shape index (κ1) is 21.6. The van der Waals surface area contributed by atoms with Gasteiger partial charge in [-0.25, -0.2) is 10.2 Å². The van der Waals surface area contributed by atoms with Gasteiger partial charge in [0, 0.05) is 5.56 Å². The second-order valence-corrected chi connectivity index (χ2v) is 7.66. The average molecular weight is 463 g/mol. The van der Waals surface area contributed by atoms with Crippen molar-refractivity contribution in [1.82, 2.24) is 5.43 Å². The Bertz CT molecular complexity index is 1330. The highest BCUT2D eigenvalue weighted by Crippen LogP contribution is 2.23. The molecule has 32 heavy (non-hydrogen) atoms. The third-order valence-corrected chi connectivity index (χ3v) is 5.38. The molecule has 4 rings (SSSR count). The molecule has 0 saturated heterocycles. The first-order chi connectivity index (χ1) is 15.5. The molecule has 0 heterocycles. The van der Waals surface area contributed by atoms with Crippen LogP contribution in [0.1, 0.15) is 26.3 Å². The summed E-state index contributed by atoms with van der Waals surface area (Å²) in [5.41, 5.74) is 4.04. The van der Waals surface area contributed by atoms with E-state index in [4.69, 9.17) is 27.9 Å². The van der Waals surface area contributed by atoms with Crippen molar-refractivity contribution in [2.45, 2.75) is 0 Å². The standard InChI is InChI=1S/C25H16Cl2N2O3/c26-22-12-9-20(14-23(22)27)25(31)32-21-10-5-16(6-11-21)15-28-29-24(30)19-8-7-17-3-1-2-4-18(17)13-19/h1-15H,(H,29,30). The van der Waals surface area contributed by atoms with Crippen LogP contribution in [0.25, 0.3) is 10.8 Å². The number of benzene rings is 4. The number of halogens is 2. The molecule has 0 saturated carbocycles. The van der Waals surface area contributed by atoms with E-state index < -0.39 is 5.97 Å². The van der Waals surface area contributed by atoms with Crippen molar-refractivity contribution >= 4 is 52.1 Å². The summed E-state index contributed by atoms with van der Waals surface area (Å²) in [7, 11) is 0. The van der Waals surface area contributed by atoms with Gasteiger partial charge < -0.3 is 4.74 Å². The summed E-state index contributed by atoms with van der Waals surface area (Å²) in [6, 6.07) is 24.5. The maximum atomic E-state index is 12.3. The summed E-state index contributed by atoms with van der Waals surface area (Å²) >= 11 is 11.8. The van der Waals surface area contributed by atoms with Gasteiger partial charge in [0.2, 0.25) is 0 Å². The molecule has 0 aliphatic rings. The van der Waals surface area contributed by atoms with Gasteiger partial charge in [0.05, 0.1) is 21.8 Å². The number of rotatable bonds is 5. The summed E-state index contributed by atoms with van der Waals surface area (Å²) in [4.78, 5) is 24.6. The van der Waals surface area contributed by atoms with Crippen LogP contribution in [0.3, 0.4) is 0 Å². The van der Waals surface area contributed by atoms with E-state index in [9.17, 15) is 9.59 Å². The van der Waals surface area contributed by atoms with E-state index in [1.54, 1.807) is 30.3 Å². The van der Waals surface area contributed by atoms with Crippen molar-refractivity contribution in [3.05, 3.63) is 112 Å². The monoisotopic (exact) mass is 462 g/mol. The fraction of sp³-hybridized carbons (Fsp3) is 0. The lowest BCUT2D eigenvalue weighted by molar-refractivity contribution is 0.0734. The number of ether oxygens (including phenoxy) is 1. The van der Waals surface area contributed by atoms with E-state index in [1.807, 2.05) is 36.4 Å². The Morgan fingerprint density at radius 2 is 1.50 bits per heavy atom. The Labute approximate surface area is 194 Å². The lowest BCUT2D eigenvalue weighted by atomic mass is 10.1. The number of esters is 1. The predicted molar refractivity (Wildman–Crippen MR) is 127 cm³/mol. The van der Waals surface area contributed by atoms with Crippen molar-refractivity contribution < 1.29 is 14.3 Å². The topological polar surface area (TPSA) is 67.8 Å². The van der Waals surface area contributed by atoms with Gasteiger partial charge in [-0.2, -0.15) is 5.10 Å². The van der Waals surface area contributed by atoms with E-state index in [0.29, 0.717) is 21.9 Å². The summed E-state index contributed by atoms with van der Waals surface area (Å²) in [5.74, 6) is -0.495. The SMILES string of the molecule is O=C(NN=Cc1ccc(OC(=O)c2ccc(Cl)c(Cl)c2)cc1)c1ccc2ccccc2c1. The molecule has 0 spiro atoms. The van der Waals surface area contributed by atoms with E-state index in [1.165, 1.54) is 24.4 Å².